The highest BCUT2D eigenvalue weighted by Gasteiger charge is 2.32. The third-order valence-electron chi connectivity index (χ3n) is 3.06. The number of hydrogen-bond acceptors (Lipinski definition) is 4. The normalized spacial score (nSPS) is 24.9. The molecule has 5 heteroatoms. The molecule has 0 bridgehead atoms. The molecule has 3 rings (SSSR count). The lowest BCUT2D eigenvalue weighted by atomic mass is 10.2. The van der Waals surface area contributed by atoms with E-state index < -0.39 is 0 Å². The fraction of sp³-hybridized carbons (Fsp3) is 0.636. The lowest BCUT2D eigenvalue weighted by Gasteiger charge is -2.03. The van der Waals surface area contributed by atoms with Crippen molar-refractivity contribution < 1.29 is 4.74 Å². The minimum absolute atomic E-state index is 0.186. The zero-order valence-corrected chi connectivity index (χ0v) is 10.6. The van der Waals surface area contributed by atoms with Gasteiger partial charge in [-0.05, 0) is 25.7 Å². The van der Waals surface area contributed by atoms with Crippen molar-refractivity contribution in [3.8, 4) is 0 Å². The van der Waals surface area contributed by atoms with Crippen LogP contribution in [0, 0.1) is 0 Å². The Kier molecular flexibility index (Phi) is 2.69. The molecule has 16 heavy (non-hydrogen) atoms. The highest BCUT2D eigenvalue weighted by Crippen LogP contribution is 2.44. The summed E-state index contributed by atoms with van der Waals surface area (Å²) in [4.78, 5) is 6.21. The van der Waals surface area contributed by atoms with Crippen LogP contribution in [0.25, 0.3) is 0 Å². The number of hydrogen-bond donors (Lipinski definition) is 1. The summed E-state index contributed by atoms with van der Waals surface area (Å²) in [7, 11) is 0. The monoisotopic (exact) mass is 254 g/mol. The summed E-state index contributed by atoms with van der Waals surface area (Å²) in [6, 6.07) is 0. The van der Waals surface area contributed by atoms with Crippen LogP contribution >= 0.6 is 23.6 Å². The Morgan fingerprint density at radius 3 is 2.81 bits per heavy atom. The average molecular weight is 254 g/mol. The van der Waals surface area contributed by atoms with Gasteiger partial charge in [0.15, 0.2) is 0 Å². The maximum Gasteiger partial charge on any atom is 0.122 e. The summed E-state index contributed by atoms with van der Waals surface area (Å²) in [5, 5.41) is 1.07. The molecule has 1 unspecified atom stereocenters. The van der Waals surface area contributed by atoms with Gasteiger partial charge in [0.1, 0.15) is 16.1 Å². The zero-order chi connectivity index (χ0) is 11.1. The topological polar surface area (TPSA) is 48.1 Å². The summed E-state index contributed by atoms with van der Waals surface area (Å²) >= 11 is 6.72. The van der Waals surface area contributed by atoms with Crippen molar-refractivity contribution >= 4 is 28.5 Å². The first-order chi connectivity index (χ1) is 7.75. The maximum absolute atomic E-state index is 5.75. The largest absolute Gasteiger partial charge is 0.389 e. The molecule has 1 aliphatic carbocycles. The first-order valence-electron chi connectivity index (χ1n) is 5.67. The van der Waals surface area contributed by atoms with Crippen LogP contribution in [0.1, 0.15) is 53.3 Å². The van der Waals surface area contributed by atoms with Crippen molar-refractivity contribution in [2.75, 3.05) is 6.61 Å². The molecule has 1 aromatic heterocycles. The summed E-state index contributed by atoms with van der Waals surface area (Å²) in [5.74, 6) is 0.600. The van der Waals surface area contributed by atoms with Crippen LogP contribution in [0.3, 0.4) is 0 Å². The standard InChI is InChI=1S/C11H14N2OS2/c12-10(15)9-8(6-3-4-6)13-11(16-9)7-2-1-5-14-7/h6-7H,1-5H2,(H2,12,15). The molecule has 86 valence electrons. The number of rotatable bonds is 3. The van der Waals surface area contributed by atoms with Gasteiger partial charge in [-0.2, -0.15) is 0 Å². The third-order valence-corrected chi connectivity index (χ3v) is 4.59. The van der Waals surface area contributed by atoms with Crippen molar-refractivity contribution in [1.82, 2.24) is 4.98 Å². The Hall–Kier alpha value is -0.520. The van der Waals surface area contributed by atoms with Crippen molar-refractivity contribution in [3.05, 3.63) is 15.6 Å². The van der Waals surface area contributed by atoms with E-state index in [1.165, 1.54) is 12.8 Å². The second kappa shape index (κ2) is 4.05. The van der Waals surface area contributed by atoms with Crippen molar-refractivity contribution in [3.63, 3.8) is 0 Å². The van der Waals surface area contributed by atoms with Gasteiger partial charge in [0.05, 0.1) is 10.6 Å². The number of thiocarbonyl (C=S) groups is 1. The van der Waals surface area contributed by atoms with Gasteiger partial charge < -0.3 is 10.5 Å². The second-order valence-electron chi connectivity index (χ2n) is 4.41. The van der Waals surface area contributed by atoms with Crippen LogP contribution in [0.4, 0.5) is 0 Å². The smallest absolute Gasteiger partial charge is 0.122 e. The zero-order valence-electron chi connectivity index (χ0n) is 8.94. The molecule has 0 amide bonds. The highest BCUT2D eigenvalue weighted by atomic mass is 32.1. The lowest BCUT2D eigenvalue weighted by molar-refractivity contribution is 0.111. The molecule has 2 heterocycles. The van der Waals surface area contributed by atoms with Gasteiger partial charge in [0.2, 0.25) is 0 Å². The molecule has 1 aliphatic heterocycles. The Morgan fingerprint density at radius 2 is 2.25 bits per heavy atom. The third kappa shape index (κ3) is 1.87. The van der Waals surface area contributed by atoms with Crippen LogP contribution in [0.15, 0.2) is 0 Å². The first kappa shape index (κ1) is 10.6. The Balaban J connectivity index is 1.94. The van der Waals surface area contributed by atoms with Crippen LogP contribution in [-0.2, 0) is 4.74 Å². The van der Waals surface area contributed by atoms with E-state index in [2.05, 4.69) is 0 Å². The molecule has 1 saturated heterocycles. The Bertz CT molecular complexity index is 420. The van der Waals surface area contributed by atoms with Crippen LogP contribution in [-0.4, -0.2) is 16.6 Å². The molecule has 1 saturated carbocycles. The van der Waals surface area contributed by atoms with Gasteiger partial charge in [0, 0.05) is 12.5 Å². The van der Waals surface area contributed by atoms with E-state index in [1.54, 1.807) is 11.3 Å². The van der Waals surface area contributed by atoms with Gasteiger partial charge >= 0.3 is 0 Å². The lowest BCUT2D eigenvalue weighted by Crippen LogP contribution is -2.09. The molecule has 0 radical (unpaired) electrons. The fourth-order valence-electron chi connectivity index (χ4n) is 2.07. The number of nitrogens with zero attached hydrogens (tertiary/aromatic N) is 1. The molecule has 1 atom stereocenters. The van der Waals surface area contributed by atoms with Crippen molar-refractivity contribution in [2.24, 2.45) is 5.73 Å². The summed E-state index contributed by atoms with van der Waals surface area (Å²) in [6.07, 6.45) is 4.85. The van der Waals surface area contributed by atoms with E-state index in [4.69, 9.17) is 27.7 Å². The van der Waals surface area contributed by atoms with Gasteiger partial charge in [-0.1, -0.05) is 12.2 Å². The summed E-state index contributed by atoms with van der Waals surface area (Å²) in [6.45, 7) is 0.853. The van der Waals surface area contributed by atoms with E-state index >= 15 is 0 Å². The minimum Gasteiger partial charge on any atom is -0.389 e. The quantitative estimate of drug-likeness (QED) is 0.842. The summed E-state index contributed by atoms with van der Waals surface area (Å²) < 4.78 is 5.65. The van der Waals surface area contributed by atoms with E-state index in [9.17, 15) is 0 Å². The Morgan fingerprint density at radius 1 is 1.44 bits per heavy atom. The van der Waals surface area contributed by atoms with Gasteiger partial charge in [0.25, 0.3) is 0 Å². The molecule has 0 spiro atoms. The van der Waals surface area contributed by atoms with Gasteiger partial charge in [-0.15, -0.1) is 11.3 Å². The summed E-state index contributed by atoms with van der Waals surface area (Å²) in [5.41, 5.74) is 6.88. The molecular formula is C11H14N2OS2. The molecule has 1 aromatic rings. The van der Waals surface area contributed by atoms with Crippen molar-refractivity contribution in [2.45, 2.75) is 37.7 Å². The number of ether oxygens (including phenoxy) is 1. The number of thiazole rings is 1. The first-order valence-corrected chi connectivity index (χ1v) is 6.90. The SMILES string of the molecule is NC(=S)c1sc(C2CCCO2)nc1C1CC1. The fourth-order valence-corrected chi connectivity index (χ4v) is 3.39. The van der Waals surface area contributed by atoms with Gasteiger partial charge in [-0.3, -0.25) is 0 Å². The second-order valence-corrected chi connectivity index (χ2v) is 5.88. The van der Waals surface area contributed by atoms with Gasteiger partial charge in [-0.25, -0.2) is 4.98 Å². The van der Waals surface area contributed by atoms with Crippen LogP contribution in [0.2, 0.25) is 0 Å². The molecule has 3 nitrogen and oxygen atoms in total. The molecule has 2 N–H and O–H groups in total. The predicted octanol–water partition coefficient (Wildman–Crippen LogP) is 2.51. The average Bonchev–Trinajstić information content (AvgIpc) is 2.83. The molecule has 0 aromatic carbocycles. The molecule has 2 aliphatic rings. The predicted molar refractivity (Wildman–Crippen MR) is 67.9 cm³/mol. The van der Waals surface area contributed by atoms with Crippen LogP contribution < -0.4 is 5.73 Å². The van der Waals surface area contributed by atoms with E-state index in [0.717, 1.165) is 35.0 Å². The minimum atomic E-state index is 0.186. The highest BCUT2D eigenvalue weighted by molar-refractivity contribution is 7.81. The van der Waals surface area contributed by atoms with E-state index in [1.807, 2.05) is 0 Å². The number of aromatic nitrogens is 1. The van der Waals surface area contributed by atoms with E-state index in [-0.39, 0.29) is 6.10 Å². The number of nitrogens with two attached hydrogens (primary N) is 1. The van der Waals surface area contributed by atoms with Crippen molar-refractivity contribution in [1.29, 1.82) is 0 Å². The molecule has 2 fully saturated rings. The van der Waals surface area contributed by atoms with E-state index in [0.29, 0.717) is 10.9 Å². The van der Waals surface area contributed by atoms with Crippen LogP contribution in [0.5, 0.6) is 0 Å². The maximum atomic E-state index is 5.75. The Labute approximate surface area is 104 Å². The molecular weight excluding hydrogens is 240 g/mol.